The van der Waals surface area contributed by atoms with Gasteiger partial charge in [-0.2, -0.15) is 0 Å². The number of hydrogen-bond donors (Lipinski definition) is 1. The van der Waals surface area contributed by atoms with Gasteiger partial charge in [0.25, 0.3) is 0 Å². The van der Waals surface area contributed by atoms with Gasteiger partial charge in [-0.15, -0.1) is 0 Å². The van der Waals surface area contributed by atoms with Crippen LogP contribution in [-0.2, 0) is 0 Å². The quantitative estimate of drug-likeness (QED) is 0.642. The van der Waals surface area contributed by atoms with Crippen molar-refractivity contribution in [3.63, 3.8) is 0 Å². The van der Waals surface area contributed by atoms with Gasteiger partial charge < -0.3 is 5.11 Å². The second-order valence-electron chi connectivity index (χ2n) is 6.44. The van der Waals surface area contributed by atoms with E-state index in [1.165, 1.54) is 19.3 Å². The summed E-state index contributed by atoms with van der Waals surface area (Å²) in [6, 6.07) is 0. The van der Waals surface area contributed by atoms with E-state index in [2.05, 4.69) is 41.5 Å². The molecule has 1 N–H and O–H groups in total. The van der Waals surface area contributed by atoms with Gasteiger partial charge in [0.1, 0.15) is 0 Å². The van der Waals surface area contributed by atoms with Crippen LogP contribution in [0.5, 0.6) is 0 Å². The molecular weight excluding hydrogens is 196 g/mol. The highest BCUT2D eigenvalue weighted by atomic mass is 16.3. The Labute approximate surface area is 103 Å². The Morgan fingerprint density at radius 3 is 2.00 bits per heavy atom. The van der Waals surface area contributed by atoms with E-state index >= 15 is 0 Å². The van der Waals surface area contributed by atoms with Gasteiger partial charge >= 0.3 is 0 Å². The second kappa shape index (κ2) is 6.64. The molecule has 0 rings (SSSR count). The lowest BCUT2D eigenvalue weighted by Crippen LogP contribution is -2.34. The molecule has 0 amide bonds. The lowest BCUT2D eigenvalue weighted by Gasteiger charge is -2.41. The summed E-state index contributed by atoms with van der Waals surface area (Å²) in [6.45, 7) is 14.1. The molecule has 0 heterocycles. The summed E-state index contributed by atoms with van der Waals surface area (Å²) < 4.78 is 0. The van der Waals surface area contributed by atoms with Crippen LogP contribution in [-0.4, -0.2) is 11.7 Å². The summed E-state index contributed by atoms with van der Waals surface area (Å²) in [4.78, 5) is 0. The summed E-state index contributed by atoms with van der Waals surface area (Å²) in [6.07, 6.45) is 5.88. The van der Waals surface area contributed by atoms with Crippen molar-refractivity contribution in [3.8, 4) is 0 Å². The van der Waals surface area contributed by atoms with Crippen LogP contribution in [0.1, 0.15) is 73.6 Å². The summed E-state index contributed by atoms with van der Waals surface area (Å²) in [7, 11) is 0. The zero-order chi connectivity index (χ0) is 12.8. The minimum atomic E-state index is 0.157. The third-order valence-electron chi connectivity index (χ3n) is 4.54. The topological polar surface area (TPSA) is 20.2 Å². The first-order valence-electron chi connectivity index (χ1n) is 6.94. The third-order valence-corrected chi connectivity index (χ3v) is 4.54. The molecule has 0 radical (unpaired) electrons. The zero-order valence-corrected chi connectivity index (χ0v) is 12.3. The van der Waals surface area contributed by atoms with E-state index in [0.29, 0.717) is 17.9 Å². The summed E-state index contributed by atoms with van der Waals surface area (Å²) in [5.41, 5.74) is 0.482. The Balaban J connectivity index is 4.65. The average Bonchev–Trinajstić information content (AvgIpc) is 2.24. The molecule has 0 aromatic heterocycles. The normalized spacial score (nSPS) is 16.5. The molecule has 16 heavy (non-hydrogen) atoms. The maximum Gasteiger partial charge on any atom is 0.0487 e. The van der Waals surface area contributed by atoms with E-state index in [1.54, 1.807) is 0 Å². The van der Waals surface area contributed by atoms with E-state index in [4.69, 9.17) is 0 Å². The molecule has 1 unspecified atom stereocenters. The Morgan fingerprint density at radius 2 is 1.69 bits per heavy atom. The largest absolute Gasteiger partial charge is 0.396 e. The van der Waals surface area contributed by atoms with Crippen LogP contribution in [0.3, 0.4) is 0 Å². The SMILES string of the molecule is CCCCC(CC)(CO)CC(C)(C)C(C)C. The van der Waals surface area contributed by atoms with E-state index in [-0.39, 0.29) is 5.41 Å². The lowest BCUT2D eigenvalue weighted by molar-refractivity contribution is 0.0390. The fourth-order valence-electron chi connectivity index (χ4n) is 2.36. The van der Waals surface area contributed by atoms with E-state index in [9.17, 15) is 5.11 Å². The van der Waals surface area contributed by atoms with Crippen molar-refractivity contribution in [2.45, 2.75) is 73.6 Å². The smallest absolute Gasteiger partial charge is 0.0487 e. The van der Waals surface area contributed by atoms with Crippen LogP contribution < -0.4 is 0 Å². The number of aliphatic hydroxyl groups is 1. The van der Waals surface area contributed by atoms with Crippen LogP contribution in [0.4, 0.5) is 0 Å². The Morgan fingerprint density at radius 1 is 1.12 bits per heavy atom. The number of hydrogen-bond acceptors (Lipinski definition) is 1. The molecule has 0 saturated carbocycles. The molecule has 0 aromatic carbocycles. The van der Waals surface area contributed by atoms with Crippen molar-refractivity contribution >= 4 is 0 Å². The van der Waals surface area contributed by atoms with Crippen molar-refractivity contribution < 1.29 is 5.11 Å². The summed E-state index contributed by atoms with van der Waals surface area (Å²) >= 11 is 0. The van der Waals surface area contributed by atoms with Crippen molar-refractivity contribution in [2.24, 2.45) is 16.7 Å². The van der Waals surface area contributed by atoms with Gasteiger partial charge in [-0.1, -0.05) is 54.4 Å². The average molecular weight is 228 g/mol. The van der Waals surface area contributed by atoms with Crippen LogP contribution in [0, 0.1) is 16.7 Å². The molecule has 0 aliphatic carbocycles. The van der Waals surface area contributed by atoms with Crippen molar-refractivity contribution in [1.29, 1.82) is 0 Å². The Hall–Kier alpha value is -0.0400. The third kappa shape index (κ3) is 4.45. The minimum Gasteiger partial charge on any atom is -0.396 e. The van der Waals surface area contributed by atoms with Crippen molar-refractivity contribution in [3.05, 3.63) is 0 Å². The van der Waals surface area contributed by atoms with E-state index < -0.39 is 0 Å². The summed E-state index contributed by atoms with van der Waals surface area (Å²) in [5.74, 6) is 0.673. The second-order valence-corrected chi connectivity index (χ2v) is 6.44. The highest BCUT2D eigenvalue weighted by Gasteiger charge is 2.35. The van der Waals surface area contributed by atoms with Crippen LogP contribution in [0.25, 0.3) is 0 Å². The molecule has 0 aliphatic heterocycles. The van der Waals surface area contributed by atoms with Gasteiger partial charge in [0.05, 0.1) is 0 Å². The first-order chi connectivity index (χ1) is 7.33. The first-order valence-corrected chi connectivity index (χ1v) is 6.94. The van der Waals surface area contributed by atoms with Crippen LogP contribution in [0.15, 0.2) is 0 Å². The molecule has 1 nitrogen and oxygen atoms in total. The molecule has 1 heteroatoms. The summed E-state index contributed by atoms with van der Waals surface area (Å²) in [5, 5.41) is 9.75. The van der Waals surface area contributed by atoms with Gasteiger partial charge in [0, 0.05) is 6.61 Å². The Bertz CT molecular complexity index is 178. The monoisotopic (exact) mass is 228 g/mol. The van der Waals surface area contributed by atoms with E-state index in [1.807, 2.05) is 0 Å². The van der Waals surface area contributed by atoms with Crippen LogP contribution >= 0.6 is 0 Å². The fourth-order valence-corrected chi connectivity index (χ4v) is 2.36. The highest BCUT2D eigenvalue weighted by Crippen LogP contribution is 2.43. The molecule has 98 valence electrons. The van der Waals surface area contributed by atoms with Gasteiger partial charge in [0.15, 0.2) is 0 Å². The van der Waals surface area contributed by atoms with Crippen molar-refractivity contribution in [1.82, 2.24) is 0 Å². The van der Waals surface area contributed by atoms with Gasteiger partial charge in [-0.3, -0.25) is 0 Å². The molecule has 0 spiro atoms. The Kier molecular flexibility index (Phi) is 6.62. The zero-order valence-electron chi connectivity index (χ0n) is 12.3. The van der Waals surface area contributed by atoms with Gasteiger partial charge in [0.2, 0.25) is 0 Å². The molecule has 0 saturated heterocycles. The predicted octanol–water partition coefficient (Wildman–Crippen LogP) is 4.64. The molecule has 0 aromatic rings. The molecular formula is C15H32O. The molecule has 0 bridgehead atoms. The molecule has 1 atom stereocenters. The number of aliphatic hydroxyl groups excluding tert-OH is 1. The minimum absolute atomic E-state index is 0.157. The number of rotatable bonds is 8. The van der Waals surface area contributed by atoms with Crippen molar-refractivity contribution in [2.75, 3.05) is 6.61 Å². The van der Waals surface area contributed by atoms with Gasteiger partial charge in [-0.25, -0.2) is 0 Å². The highest BCUT2D eigenvalue weighted by molar-refractivity contribution is 4.86. The maximum absolute atomic E-state index is 9.75. The predicted molar refractivity (Wildman–Crippen MR) is 72.6 cm³/mol. The van der Waals surface area contributed by atoms with E-state index in [0.717, 1.165) is 12.8 Å². The molecule has 0 fully saturated rings. The van der Waals surface area contributed by atoms with Crippen LogP contribution in [0.2, 0.25) is 0 Å². The van der Waals surface area contributed by atoms with Gasteiger partial charge in [-0.05, 0) is 36.0 Å². The fraction of sp³-hybridized carbons (Fsp3) is 1.00. The standard InChI is InChI=1S/C15H32O/c1-7-9-10-15(8-2,12-16)11-14(5,6)13(3)4/h13,16H,7-12H2,1-6H3. The first kappa shape index (κ1) is 16.0. The maximum atomic E-state index is 9.75. The lowest BCUT2D eigenvalue weighted by atomic mass is 9.65. The number of unbranched alkanes of at least 4 members (excludes halogenated alkanes) is 1. The molecule has 0 aliphatic rings.